The highest BCUT2D eigenvalue weighted by molar-refractivity contribution is 9.12. The van der Waals surface area contributed by atoms with E-state index in [-0.39, 0.29) is 5.41 Å². The number of hydrogen-bond acceptors (Lipinski definition) is 0. The molecule has 0 rings (SSSR count). The summed E-state index contributed by atoms with van der Waals surface area (Å²) in [6.45, 7) is 12.2. The van der Waals surface area contributed by atoms with Gasteiger partial charge in [0.15, 0.2) is 6.71 Å². The van der Waals surface area contributed by atoms with Crippen LogP contribution in [-0.4, -0.2) is 6.71 Å². The van der Waals surface area contributed by atoms with Gasteiger partial charge in [0.2, 0.25) is 0 Å². The highest BCUT2D eigenvalue weighted by atomic mass is 79.9. The summed E-state index contributed by atoms with van der Waals surface area (Å²) >= 11 is 3.88. The van der Waals surface area contributed by atoms with E-state index in [0.29, 0.717) is 0 Å². The van der Waals surface area contributed by atoms with E-state index in [2.05, 4.69) is 56.6 Å². The fourth-order valence-electron chi connectivity index (χ4n) is 2.59. The summed E-state index contributed by atoms with van der Waals surface area (Å²) in [6.07, 6.45) is 16.2. The van der Waals surface area contributed by atoms with E-state index in [4.69, 9.17) is 0 Å². The Bertz CT molecular complexity index is 241. The van der Waals surface area contributed by atoms with E-state index >= 15 is 0 Å². The monoisotopic (exact) mass is 342 g/mol. The van der Waals surface area contributed by atoms with Gasteiger partial charge in [-0.2, -0.15) is 0 Å². The molecule has 2 heteroatoms. The topological polar surface area (TPSA) is 0 Å². The second kappa shape index (κ2) is 11.9. The van der Waals surface area contributed by atoms with E-state index < -0.39 is 0 Å². The first-order valence-electron chi connectivity index (χ1n) is 8.79. The van der Waals surface area contributed by atoms with Crippen LogP contribution in [0.3, 0.4) is 0 Å². The average Bonchev–Trinajstić information content (AvgIpc) is 2.34. The third kappa shape index (κ3) is 12.1. The molecule has 0 unspecified atom stereocenters. The van der Waals surface area contributed by atoms with Crippen molar-refractivity contribution >= 4 is 22.6 Å². The second-order valence-electron chi connectivity index (χ2n) is 7.29. The van der Waals surface area contributed by atoms with Gasteiger partial charge in [0, 0.05) is 0 Å². The molecule has 0 nitrogen and oxygen atoms in total. The molecule has 0 amide bonds. The van der Waals surface area contributed by atoms with Crippen molar-refractivity contribution in [3.8, 4) is 0 Å². The van der Waals surface area contributed by atoms with Gasteiger partial charge in [0.25, 0.3) is 0 Å². The molecule has 0 saturated carbocycles. The lowest BCUT2D eigenvalue weighted by Gasteiger charge is -2.18. The summed E-state index contributed by atoms with van der Waals surface area (Å²) in [5.41, 5.74) is 0.282. The highest BCUT2D eigenvalue weighted by Crippen LogP contribution is 2.27. The van der Waals surface area contributed by atoms with Crippen LogP contribution in [0, 0.1) is 5.41 Å². The maximum atomic E-state index is 3.88. The third-order valence-corrected chi connectivity index (χ3v) is 4.65. The Balaban J connectivity index is 4.33. The standard InChI is InChI=1S/C18H36BBr/c1-6-8-10-12-14-19(15-13-11-9-7-2)17(20)16-18(3,4)5/h16H,6-15H2,1-5H3/b17-16-. The SMILES string of the molecule is CCCCCCB(CCCCCC)/C(Br)=C/C(C)(C)C. The molecule has 0 aliphatic rings. The van der Waals surface area contributed by atoms with Crippen molar-refractivity contribution in [2.24, 2.45) is 5.41 Å². The highest BCUT2D eigenvalue weighted by Gasteiger charge is 2.19. The molecule has 0 aliphatic carbocycles. The fourth-order valence-corrected chi connectivity index (χ4v) is 3.73. The summed E-state index contributed by atoms with van der Waals surface area (Å²) in [5.74, 6) is 0. The Morgan fingerprint density at radius 1 is 0.850 bits per heavy atom. The van der Waals surface area contributed by atoms with Crippen LogP contribution in [0.1, 0.15) is 86.0 Å². The van der Waals surface area contributed by atoms with E-state index in [1.165, 1.54) is 68.4 Å². The molecule has 0 radical (unpaired) electrons. The lowest BCUT2D eigenvalue weighted by atomic mass is 9.43. The molecule has 0 aromatic carbocycles. The van der Waals surface area contributed by atoms with Crippen LogP contribution >= 0.6 is 15.9 Å². The number of allylic oxidation sites excluding steroid dienone is 1. The molecular weight excluding hydrogens is 307 g/mol. The maximum Gasteiger partial charge on any atom is 0.184 e. The van der Waals surface area contributed by atoms with Gasteiger partial charge in [-0.25, -0.2) is 0 Å². The Morgan fingerprint density at radius 2 is 1.30 bits per heavy atom. The number of rotatable bonds is 11. The van der Waals surface area contributed by atoms with Crippen molar-refractivity contribution in [3.63, 3.8) is 0 Å². The Labute approximate surface area is 137 Å². The first kappa shape index (κ1) is 20.3. The van der Waals surface area contributed by atoms with Gasteiger partial charge in [-0.05, 0) is 9.80 Å². The smallest absolute Gasteiger partial charge is 0.0780 e. The number of halogens is 1. The molecular formula is C18H36BBr. The van der Waals surface area contributed by atoms with Crippen molar-refractivity contribution in [1.29, 1.82) is 0 Å². The number of hydrogen-bond donors (Lipinski definition) is 0. The van der Waals surface area contributed by atoms with E-state index in [1.54, 1.807) is 0 Å². The Morgan fingerprint density at radius 3 is 1.65 bits per heavy atom. The van der Waals surface area contributed by atoms with Gasteiger partial charge in [-0.15, -0.1) is 0 Å². The molecule has 0 aromatic rings. The first-order chi connectivity index (χ1) is 9.40. The third-order valence-electron chi connectivity index (χ3n) is 3.77. The zero-order valence-electron chi connectivity index (χ0n) is 14.6. The van der Waals surface area contributed by atoms with E-state index in [1.807, 2.05) is 0 Å². The zero-order valence-corrected chi connectivity index (χ0v) is 16.2. The summed E-state index contributed by atoms with van der Waals surface area (Å²) in [7, 11) is 0. The summed E-state index contributed by atoms with van der Waals surface area (Å²) in [6, 6.07) is 0. The molecule has 0 N–H and O–H groups in total. The quantitative estimate of drug-likeness (QED) is 0.269. The van der Waals surface area contributed by atoms with Gasteiger partial charge in [-0.3, -0.25) is 0 Å². The molecule has 20 heavy (non-hydrogen) atoms. The largest absolute Gasteiger partial charge is 0.184 e. The van der Waals surface area contributed by atoms with Crippen molar-refractivity contribution in [2.75, 3.05) is 0 Å². The van der Waals surface area contributed by atoms with Crippen molar-refractivity contribution in [2.45, 2.75) is 98.6 Å². The summed E-state index contributed by atoms with van der Waals surface area (Å²) in [5, 5.41) is 0. The Hall–Kier alpha value is 0.285. The predicted molar refractivity (Wildman–Crippen MR) is 100 cm³/mol. The minimum absolute atomic E-state index is 0.282. The molecule has 0 aliphatic heterocycles. The van der Waals surface area contributed by atoms with Crippen LogP contribution in [0.15, 0.2) is 10.5 Å². The minimum Gasteiger partial charge on any atom is -0.0780 e. The molecule has 118 valence electrons. The number of unbranched alkanes of at least 4 members (excludes halogenated alkanes) is 6. The Kier molecular flexibility index (Phi) is 12.1. The normalized spacial score (nSPS) is 12.8. The molecule has 0 aromatic heterocycles. The van der Waals surface area contributed by atoms with E-state index in [0.717, 1.165) is 6.71 Å². The average molecular weight is 343 g/mol. The fraction of sp³-hybridized carbons (Fsp3) is 0.889. The lowest BCUT2D eigenvalue weighted by molar-refractivity contribution is 0.544. The van der Waals surface area contributed by atoms with Crippen molar-refractivity contribution in [3.05, 3.63) is 10.5 Å². The van der Waals surface area contributed by atoms with Gasteiger partial charge >= 0.3 is 0 Å². The zero-order chi connectivity index (χ0) is 15.4. The predicted octanol–water partition coefficient (Wildman–Crippen LogP) is 7.51. The van der Waals surface area contributed by atoms with E-state index in [9.17, 15) is 0 Å². The second-order valence-corrected chi connectivity index (χ2v) is 8.21. The molecule has 0 heterocycles. The summed E-state index contributed by atoms with van der Waals surface area (Å²) < 4.78 is 1.46. The minimum atomic E-state index is 0.282. The first-order valence-corrected chi connectivity index (χ1v) is 9.58. The van der Waals surface area contributed by atoms with Crippen LogP contribution in [0.5, 0.6) is 0 Å². The molecule has 0 atom stereocenters. The summed E-state index contributed by atoms with van der Waals surface area (Å²) in [4.78, 5) is 0. The van der Waals surface area contributed by atoms with Gasteiger partial charge < -0.3 is 0 Å². The van der Waals surface area contributed by atoms with Crippen LogP contribution in [0.2, 0.25) is 12.6 Å². The molecule has 0 spiro atoms. The van der Waals surface area contributed by atoms with Gasteiger partial charge in [0.05, 0.1) is 0 Å². The van der Waals surface area contributed by atoms with Crippen LogP contribution in [0.25, 0.3) is 0 Å². The van der Waals surface area contributed by atoms with Crippen molar-refractivity contribution in [1.82, 2.24) is 0 Å². The van der Waals surface area contributed by atoms with Gasteiger partial charge in [0.1, 0.15) is 0 Å². The molecule has 0 bridgehead atoms. The molecule has 0 fully saturated rings. The van der Waals surface area contributed by atoms with Gasteiger partial charge in [-0.1, -0.05) is 121 Å². The lowest BCUT2D eigenvalue weighted by Crippen LogP contribution is -2.15. The van der Waals surface area contributed by atoms with Crippen LogP contribution in [-0.2, 0) is 0 Å². The van der Waals surface area contributed by atoms with Crippen LogP contribution < -0.4 is 0 Å². The van der Waals surface area contributed by atoms with Crippen molar-refractivity contribution < 1.29 is 0 Å². The van der Waals surface area contributed by atoms with Crippen LogP contribution in [0.4, 0.5) is 0 Å². The maximum absolute atomic E-state index is 3.88. The molecule has 0 saturated heterocycles.